The quantitative estimate of drug-likeness (QED) is 0.752. The van der Waals surface area contributed by atoms with Crippen molar-refractivity contribution in [3.05, 3.63) is 28.8 Å². The molecule has 0 heterocycles. The molecule has 0 fully saturated rings. The molecule has 1 rings (SSSR count). The lowest BCUT2D eigenvalue weighted by Gasteiger charge is -2.21. The third-order valence-corrected chi connectivity index (χ3v) is 2.93. The van der Waals surface area contributed by atoms with E-state index in [9.17, 15) is 9.59 Å². The number of anilines is 1. The standard InChI is InChI=1S/C13H17ClN2O4/c1-2-5-16(6-7-17)13(20)15-9-3-4-11(14)10(8-9)12(18)19/h3-4,8,17H,2,5-7H2,1H3,(H,15,20)(H,18,19). The summed E-state index contributed by atoms with van der Waals surface area (Å²) in [5, 5.41) is 20.6. The Morgan fingerprint density at radius 2 is 2.05 bits per heavy atom. The smallest absolute Gasteiger partial charge is 0.337 e. The number of carboxylic acids is 1. The van der Waals surface area contributed by atoms with Crippen LogP contribution in [0.4, 0.5) is 10.5 Å². The largest absolute Gasteiger partial charge is 0.478 e. The van der Waals surface area contributed by atoms with Crippen molar-refractivity contribution in [2.45, 2.75) is 13.3 Å². The Morgan fingerprint density at radius 1 is 1.35 bits per heavy atom. The molecule has 3 N–H and O–H groups in total. The van der Waals surface area contributed by atoms with Crippen LogP contribution in [0.5, 0.6) is 0 Å². The molecule has 0 aliphatic carbocycles. The van der Waals surface area contributed by atoms with E-state index in [1.807, 2.05) is 6.92 Å². The van der Waals surface area contributed by atoms with Gasteiger partial charge in [-0.15, -0.1) is 0 Å². The van der Waals surface area contributed by atoms with Crippen LogP contribution in [0.3, 0.4) is 0 Å². The number of nitrogens with one attached hydrogen (secondary N) is 1. The summed E-state index contributed by atoms with van der Waals surface area (Å²) in [5.74, 6) is -1.16. The SMILES string of the molecule is CCCN(CCO)C(=O)Nc1ccc(Cl)c(C(=O)O)c1. The van der Waals surface area contributed by atoms with Crippen molar-refractivity contribution in [3.63, 3.8) is 0 Å². The number of carbonyl (C=O) groups excluding carboxylic acids is 1. The van der Waals surface area contributed by atoms with Crippen LogP contribution in [0.2, 0.25) is 5.02 Å². The zero-order valence-electron chi connectivity index (χ0n) is 11.1. The molecule has 0 atom stereocenters. The van der Waals surface area contributed by atoms with Crippen molar-refractivity contribution >= 4 is 29.3 Å². The van der Waals surface area contributed by atoms with Gasteiger partial charge in [0, 0.05) is 18.8 Å². The van der Waals surface area contributed by atoms with E-state index in [0.29, 0.717) is 12.2 Å². The molecule has 0 aliphatic heterocycles. The lowest BCUT2D eigenvalue weighted by molar-refractivity contribution is 0.0697. The average Bonchev–Trinajstić information content (AvgIpc) is 2.40. The number of carboxylic acid groups (broad SMARTS) is 1. The average molecular weight is 301 g/mol. The van der Waals surface area contributed by atoms with Crippen LogP contribution in [0.25, 0.3) is 0 Å². The highest BCUT2D eigenvalue weighted by Crippen LogP contribution is 2.20. The molecule has 1 aromatic rings. The number of benzene rings is 1. The van der Waals surface area contributed by atoms with Gasteiger partial charge in [-0.05, 0) is 24.6 Å². The maximum Gasteiger partial charge on any atom is 0.337 e. The molecular formula is C13H17ClN2O4. The second kappa shape index (κ2) is 7.72. The summed E-state index contributed by atoms with van der Waals surface area (Å²) in [6, 6.07) is 3.85. The Hall–Kier alpha value is -1.79. The number of halogens is 1. The van der Waals surface area contributed by atoms with E-state index < -0.39 is 5.97 Å². The molecule has 0 unspecified atom stereocenters. The minimum atomic E-state index is -1.16. The molecule has 0 bridgehead atoms. The number of amides is 2. The van der Waals surface area contributed by atoms with Gasteiger partial charge in [0.15, 0.2) is 0 Å². The molecule has 20 heavy (non-hydrogen) atoms. The number of aliphatic hydroxyl groups excluding tert-OH is 1. The van der Waals surface area contributed by atoms with Gasteiger partial charge in [0.25, 0.3) is 0 Å². The fraction of sp³-hybridized carbons (Fsp3) is 0.385. The zero-order valence-corrected chi connectivity index (χ0v) is 11.9. The Morgan fingerprint density at radius 3 is 2.60 bits per heavy atom. The molecule has 2 amide bonds. The molecule has 0 radical (unpaired) electrons. The van der Waals surface area contributed by atoms with Crippen molar-refractivity contribution in [2.75, 3.05) is 25.0 Å². The fourth-order valence-corrected chi connectivity index (χ4v) is 1.87. The third kappa shape index (κ3) is 4.40. The lowest BCUT2D eigenvalue weighted by Crippen LogP contribution is -2.37. The van der Waals surface area contributed by atoms with E-state index in [4.69, 9.17) is 21.8 Å². The molecule has 0 spiro atoms. The summed E-state index contributed by atoms with van der Waals surface area (Å²) >= 11 is 5.75. The van der Waals surface area contributed by atoms with E-state index in [2.05, 4.69) is 5.32 Å². The van der Waals surface area contributed by atoms with Crippen LogP contribution < -0.4 is 5.32 Å². The maximum atomic E-state index is 12.0. The van der Waals surface area contributed by atoms with Crippen molar-refractivity contribution in [1.82, 2.24) is 4.90 Å². The molecule has 0 saturated carbocycles. The molecule has 0 aromatic heterocycles. The third-order valence-electron chi connectivity index (χ3n) is 2.60. The Balaban J connectivity index is 2.84. The maximum absolute atomic E-state index is 12.0. The van der Waals surface area contributed by atoms with E-state index in [1.54, 1.807) is 0 Å². The van der Waals surface area contributed by atoms with Crippen LogP contribution in [-0.2, 0) is 0 Å². The first-order valence-corrected chi connectivity index (χ1v) is 6.57. The number of rotatable bonds is 6. The van der Waals surface area contributed by atoms with Crippen LogP contribution in [0, 0.1) is 0 Å². The number of hydrogen-bond acceptors (Lipinski definition) is 3. The first kappa shape index (κ1) is 16.3. The van der Waals surface area contributed by atoms with Gasteiger partial charge in [0.1, 0.15) is 0 Å². The number of carbonyl (C=O) groups is 2. The summed E-state index contributed by atoms with van der Waals surface area (Å²) in [6.07, 6.45) is 0.758. The van der Waals surface area contributed by atoms with Crippen molar-refractivity contribution < 1.29 is 19.8 Å². The summed E-state index contributed by atoms with van der Waals surface area (Å²) in [7, 11) is 0. The molecular weight excluding hydrogens is 284 g/mol. The van der Waals surface area contributed by atoms with Crippen molar-refractivity contribution in [3.8, 4) is 0 Å². The normalized spacial score (nSPS) is 10.2. The van der Waals surface area contributed by atoms with Gasteiger partial charge < -0.3 is 20.4 Å². The number of hydrogen-bond donors (Lipinski definition) is 3. The predicted octanol–water partition coefficient (Wildman–Crippen LogP) is 2.27. The molecule has 110 valence electrons. The monoisotopic (exact) mass is 300 g/mol. The van der Waals surface area contributed by atoms with Crippen LogP contribution in [0.1, 0.15) is 23.7 Å². The first-order valence-electron chi connectivity index (χ1n) is 6.19. The van der Waals surface area contributed by atoms with E-state index in [1.165, 1.54) is 23.1 Å². The molecule has 0 aliphatic rings. The predicted molar refractivity (Wildman–Crippen MR) is 76.4 cm³/mol. The van der Waals surface area contributed by atoms with Crippen LogP contribution >= 0.6 is 11.6 Å². The van der Waals surface area contributed by atoms with Gasteiger partial charge >= 0.3 is 12.0 Å². The second-order valence-electron chi connectivity index (χ2n) is 4.14. The minimum Gasteiger partial charge on any atom is -0.478 e. The topological polar surface area (TPSA) is 89.9 Å². The summed E-state index contributed by atoms with van der Waals surface area (Å²) in [6.45, 7) is 2.52. The molecule has 6 nitrogen and oxygen atoms in total. The fourth-order valence-electron chi connectivity index (χ4n) is 1.67. The van der Waals surface area contributed by atoms with Crippen LogP contribution in [0.15, 0.2) is 18.2 Å². The molecule has 1 aromatic carbocycles. The van der Waals surface area contributed by atoms with Gasteiger partial charge in [0.2, 0.25) is 0 Å². The Labute approximate surface area is 122 Å². The Kier molecular flexibility index (Phi) is 6.27. The van der Waals surface area contributed by atoms with E-state index >= 15 is 0 Å². The molecule has 0 saturated heterocycles. The number of aliphatic hydroxyl groups is 1. The number of urea groups is 1. The number of aromatic carboxylic acids is 1. The highest BCUT2D eigenvalue weighted by molar-refractivity contribution is 6.33. The van der Waals surface area contributed by atoms with Gasteiger partial charge in [-0.3, -0.25) is 0 Å². The minimum absolute atomic E-state index is 0.0753. The van der Waals surface area contributed by atoms with Crippen molar-refractivity contribution in [1.29, 1.82) is 0 Å². The summed E-state index contributed by atoms with van der Waals surface area (Å²) in [4.78, 5) is 24.4. The number of nitrogens with zero attached hydrogens (tertiary/aromatic N) is 1. The van der Waals surface area contributed by atoms with E-state index in [-0.39, 0.29) is 29.8 Å². The lowest BCUT2D eigenvalue weighted by atomic mass is 10.2. The summed E-state index contributed by atoms with van der Waals surface area (Å²) in [5.41, 5.74) is 0.268. The second-order valence-corrected chi connectivity index (χ2v) is 4.55. The van der Waals surface area contributed by atoms with Gasteiger partial charge in [0.05, 0.1) is 17.2 Å². The highest BCUT2D eigenvalue weighted by Gasteiger charge is 2.14. The van der Waals surface area contributed by atoms with Crippen molar-refractivity contribution in [2.24, 2.45) is 0 Å². The summed E-state index contributed by atoms with van der Waals surface area (Å²) < 4.78 is 0. The van der Waals surface area contributed by atoms with Gasteiger partial charge in [-0.25, -0.2) is 9.59 Å². The van der Waals surface area contributed by atoms with Gasteiger partial charge in [-0.2, -0.15) is 0 Å². The van der Waals surface area contributed by atoms with Gasteiger partial charge in [-0.1, -0.05) is 18.5 Å². The highest BCUT2D eigenvalue weighted by atomic mass is 35.5. The zero-order chi connectivity index (χ0) is 15.1. The van der Waals surface area contributed by atoms with Crippen LogP contribution in [-0.4, -0.2) is 46.8 Å². The molecule has 7 heteroatoms. The van der Waals surface area contributed by atoms with E-state index in [0.717, 1.165) is 6.42 Å². The Bertz CT molecular complexity index is 487. The first-order chi connectivity index (χ1) is 9.49.